The molecule has 0 amide bonds. The monoisotopic (exact) mass is 1730 g/mol. The topological polar surface area (TPSA) is 219 Å². The van der Waals surface area contributed by atoms with E-state index in [1.165, 1.54) is 34.9 Å². The Morgan fingerprint density at radius 1 is 0.287 bits per heavy atom. The van der Waals surface area contributed by atoms with Gasteiger partial charge in [0.1, 0.15) is 79.2 Å². The lowest BCUT2D eigenvalue weighted by molar-refractivity contribution is 0.311. The van der Waals surface area contributed by atoms with E-state index in [0.717, 1.165) is 271 Å². The Bertz CT molecular complexity index is 5200. The molecule has 0 aromatic carbocycles. The Hall–Kier alpha value is -9.00. The van der Waals surface area contributed by atoms with Crippen molar-refractivity contribution in [3.05, 3.63) is 223 Å². The molecule has 0 spiro atoms. The second-order valence-corrected chi connectivity index (χ2v) is 35.7. The van der Waals surface area contributed by atoms with Crippen molar-refractivity contribution in [1.82, 2.24) is 98.3 Å². The molecule has 12 aromatic heterocycles. The summed E-state index contributed by atoms with van der Waals surface area (Å²) in [5, 5.41) is 24.9. The molecule has 0 aliphatic carbocycles. The summed E-state index contributed by atoms with van der Waals surface area (Å²) >= 11 is 26.8. The minimum absolute atomic E-state index is 0.0783. The Morgan fingerprint density at radius 3 is 0.820 bits per heavy atom. The summed E-state index contributed by atoms with van der Waals surface area (Å²) < 4.78 is 8.80. The SMILES string of the molecule is CN1CCN(c2cccc3nc([C@H]4CCC[C@@H](c5ncccc5Cl)N4)c(Cl)n23)CC1.CNc1c([C@H]2CCC[C@@H](c3ncccc3C)N2)nc2cccc(N3CCN(C)CC3)n12.CNc1c([C@H]2CCC[C@@H](c3ncccc3Cl)N2)nc2cccc(N3CCN(C)CC3)n12.Cc1cccnc1[C@@H]1CCC[C@H](c2nc3cccc(N4CCN(C)CC4)n3c2Cl)N1. The van der Waals surface area contributed by atoms with Crippen LogP contribution >= 0.6 is 46.4 Å². The first kappa shape index (κ1) is 85.2. The fourth-order valence-corrected chi connectivity index (χ4v) is 20.5. The number of anilines is 6. The van der Waals surface area contributed by atoms with E-state index < -0.39 is 0 Å². The molecule has 8 aliphatic rings. The molecule has 8 aliphatic heterocycles. The third-order valence-corrected chi connectivity index (χ3v) is 27.5. The summed E-state index contributed by atoms with van der Waals surface area (Å²) in [6, 6.07) is 42.6. The Balaban J connectivity index is 0.000000116. The lowest BCUT2D eigenvalue weighted by Gasteiger charge is -2.34. The molecule has 26 nitrogen and oxygen atoms in total. The number of piperidine rings is 4. The molecule has 8 saturated heterocycles. The van der Waals surface area contributed by atoms with E-state index in [-0.39, 0.29) is 48.3 Å². The smallest absolute Gasteiger partial charge is 0.140 e. The van der Waals surface area contributed by atoms with E-state index in [9.17, 15) is 0 Å². The van der Waals surface area contributed by atoms with Crippen LogP contribution < -0.4 is 51.5 Å². The van der Waals surface area contributed by atoms with Gasteiger partial charge in [-0.15, -0.1) is 0 Å². The first-order chi connectivity index (χ1) is 59.5. The molecule has 8 fully saturated rings. The molecule has 122 heavy (non-hydrogen) atoms. The minimum Gasteiger partial charge on any atom is -0.373 e. The van der Waals surface area contributed by atoms with Crippen LogP contribution in [-0.4, -0.2) is 224 Å². The lowest BCUT2D eigenvalue weighted by atomic mass is 9.93. The van der Waals surface area contributed by atoms with Crippen molar-refractivity contribution in [2.75, 3.05) is 177 Å². The van der Waals surface area contributed by atoms with Crippen LogP contribution in [0.5, 0.6) is 0 Å². The van der Waals surface area contributed by atoms with E-state index in [0.29, 0.717) is 10.2 Å². The van der Waals surface area contributed by atoms with E-state index in [1.807, 2.05) is 75.2 Å². The zero-order valence-corrected chi connectivity index (χ0v) is 74.8. The zero-order valence-electron chi connectivity index (χ0n) is 71.7. The number of likely N-dealkylation sites (N-methyl/N-ethyl adjacent to an activating group) is 4. The van der Waals surface area contributed by atoms with Crippen LogP contribution in [0.15, 0.2) is 146 Å². The van der Waals surface area contributed by atoms with Crippen molar-refractivity contribution < 1.29 is 0 Å². The molecule has 644 valence electrons. The average Bonchev–Trinajstić information content (AvgIpc) is 1.63. The summed E-state index contributed by atoms with van der Waals surface area (Å²) in [6.07, 6.45) is 20.3. The number of aryl methyl sites for hydroxylation is 2. The largest absolute Gasteiger partial charge is 0.373 e. The van der Waals surface area contributed by atoms with Crippen LogP contribution in [0.25, 0.3) is 22.6 Å². The molecule has 8 atom stereocenters. The van der Waals surface area contributed by atoms with Crippen LogP contribution in [-0.2, 0) is 0 Å². The third kappa shape index (κ3) is 18.3. The number of rotatable bonds is 14. The summed E-state index contributed by atoms with van der Waals surface area (Å²) in [6.45, 7) is 20.9. The lowest BCUT2D eigenvalue weighted by Crippen LogP contribution is -2.45. The molecule has 0 unspecified atom stereocenters. The Kier molecular flexibility index (Phi) is 27.0. The number of fused-ring (bicyclic) bond motifs is 4. The predicted octanol–water partition coefficient (Wildman–Crippen LogP) is 15.5. The molecule has 20 heterocycles. The fraction of sp³-hybridized carbons (Fsp3) is 0.478. The highest BCUT2D eigenvalue weighted by Gasteiger charge is 2.37. The second-order valence-electron chi connectivity index (χ2n) is 34.2. The number of aromatic nitrogens is 12. The second kappa shape index (κ2) is 38.6. The number of nitrogens with one attached hydrogen (secondary N) is 6. The van der Waals surface area contributed by atoms with Crippen LogP contribution in [0.3, 0.4) is 0 Å². The third-order valence-electron chi connectivity index (χ3n) is 26.1. The van der Waals surface area contributed by atoms with E-state index in [2.05, 4.69) is 230 Å². The fourth-order valence-electron chi connectivity index (χ4n) is 19.3. The van der Waals surface area contributed by atoms with Gasteiger partial charge >= 0.3 is 0 Å². The number of halogens is 4. The number of nitrogens with zero attached hydrogens (tertiary/aromatic N) is 20. The van der Waals surface area contributed by atoms with Gasteiger partial charge in [0.15, 0.2) is 0 Å². The van der Waals surface area contributed by atoms with Crippen LogP contribution in [0.2, 0.25) is 20.4 Å². The van der Waals surface area contributed by atoms with E-state index in [1.54, 1.807) is 6.20 Å². The van der Waals surface area contributed by atoms with Crippen molar-refractivity contribution in [3.63, 3.8) is 0 Å². The van der Waals surface area contributed by atoms with Crippen molar-refractivity contribution in [3.8, 4) is 0 Å². The molecule has 6 N–H and O–H groups in total. The van der Waals surface area contributed by atoms with Crippen LogP contribution in [0, 0.1) is 13.8 Å². The van der Waals surface area contributed by atoms with Crippen molar-refractivity contribution in [2.24, 2.45) is 0 Å². The number of imidazole rings is 4. The molecule has 30 heteroatoms. The minimum atomic E-state index is 0.0783. The normalized spacial score (nSPS) is 23.0. The average molecular weight is 1730 g/mol. The summed E-state index contributed by atoms with van der Waals surface area (Å²) in [4.78, 5) is 57.7. The van der Waals surface area contributed by atoms with Crippen molar-refractivity contribution in [2.45, 2.75) is 139 Å². The zero-order chi connectivity index (χ0) is 84.1. The van der Waals surface area contributed by atoms with Gasteiger partial charge in [-0.1, -0.05) is 82.8 Å². The maximum Gasteiger partial charge on any atom is 0.140 e. The Labute approximate surface area is 737 Å². The van der Waals surface area contributed by atoms with Gasteiger partial charge in [0.25, 0.3) is 0 Å². The van der Waals surface area contributed by atoms with Crippen LogP contribution in [0.4, 0.5) is 34.9 Å². The number of hydrogen-bond donors (Lipinski definition) is 6. The predicted molar refractivity (Wildman–Crippen MR) is 495 cm³/mol. The van der Waals surface area contributed by atoms with Gasteiger partial charge in [-0.05, 0) is 215 Å². The van der Waals surface area contributed by atoms with Crippen LogP contribution in [0.1, 0.15) is 182 Å². The number of piperazine rings is 4. The highest BCUT2D eigenvalue weighted by molar-refractivity contribution is 6.32. The summed E-state index contributed by atoms with van der Waals surface area (Å²) in [5.74, 6) is 6.84. The van der Waals surface area contributed by atoms with Gasteiger partial charge in [-0.2, -0.15) is 0 Å². The molecular weight excluding hydrogens is 1610 g/mol. The Morgan fingerprint density at radius 2 is 0.533 bits per heavy atom. The maximum absolute atomic E-state index is 6.98. The molecular formula is C92H118Cl4N26. The number of pyridine rings is 8. The highest BCUT2D eigenvalue weighted by Crippen LogP contribution is 2.44. The maximum atomic E-state index is 6.98. The standard InChI is InChI=1S/C24H33N7.C23H30ClN7.C23H29ClN6.C22H26Cl2N6/c1-17-7-6-12-26-22(17)18-8-4-9-19(27-18)23-24(25-2)31-20(28-23)10-5-11-21(31)30-15-13-29(3)14-16-30;1-25-23-22(18-8-3-7-17(27-18)21-16(24)6-5-11-26-21)28-19-9-4-10-20(31(19)23)30-14-12-29(2)13-15-30;1-16-6-5-11-25-21(16)17-7-3-8-18(26-17)22-23(24)30-19(27-22)9-4-10-20(30)29-14-12-28(2)13-15-29;1-28-11-13-29(14-12-28)19-9-3-8-18-27-21(22(24)30(18)19)17-7-2-6-16(26-17)20-15(23)5-4-10-25-20/h5-7,10-12,18-19,25,27H,4,8-9,13-16H2,1-3H3;4-6,9-11,17-18,25,27H,3,7-8,12-15H2,1-2H3;4-6,9-11,17-18,26H,3,7-8,12-15H2,1-2H3;3-5,8-10,16-17,26H,2,6-7,11-14H2,1H3/t18-,19+;2*17-,18+;16-,17+/m0000/s1. The first-order valence-corrected chi connectivity index (χ1v) is 45.6. The van der Waals surface area contributed by atoms with E-state index in [4.69, 9.17) is 66.3 Å². The van der Waals surface area contributed by atoms with Gasteiger partial charge in [-0.3, -0.25) is 37.5 Å². The summed E-state index contributed by atoms with van der Waals surface area (Å²) in [5.41, 5.74) is 14.5. The molecule has 20 rings (SSSR count). The van der Waals surface area contributed by atoms with E-state index >= 15 is 0 Å². The molecule has 0 saturated carbocycles. The van der Waals surface area contributed by atoms with Gasteiger partial charge in [0.05, 0.1) is 92.5 Å². The van der Waals surface area contributed by atoms with Crippen molar-refractivity contribution in [1.29, 1.82) is 0 Å². The summed E-state index contributed by atoms with van der Waals surface area (Å²) in [7, 11) is 12.7. The van der Waals surface area contributed by atoms with Gasteiger partial charge < -0.3 is 71.1 Å². The first-order valence-electron chi connectivity index (χ1n) is 44.1. The van der Waals surface area contributed by atoms with Crippen molar-refractivity contribution >= 4 is 104 Å². The molecule has 0 radical (unpaired) electrons. The van der Waals surface area contributed by atoms with Gasteiger partial charge in [0.2, 0.25) is 0 Å². The quantitative estimate of drug-likeness (QED) is 0.0596. The molecule has 12 aromatic rings. The molecule has 0 bridgehead atoms. The van der Waals surface area contributed by atoms with Gasteiger partial charge in [0, 0.05) is 144 Å². The van der Waals surface area contributed by atoms with Gasteiger partial charge in [-0.25, -0.2) is 19.9 Å². The number of hydrogen-bond acceptors (Lipinski definition) is 22. The highest BCUT2D eigenvalue weighted by atomic mass is 35.5.